The number of carboxylic acid groups (broad SMARTS) is 1. The van der Waals surface area contributed by atoms with Gasteiger partial charge in [-0.25, -0.2) is 4.79 Å². The summed E-state index contributed by atoms with van der Waals surface area (Å²) in [5.41, 5.74) is 6.68. The quantitative estimate of drug-likeness (QED) is 0.582. The van der Waals surface area contributed by atoms with Crippen molar-refractivity contribution in [2.75, 3.05) is 0 Å². The van der Waals surface area contributed by atoms with Gasteiger partial charge in [0.25, 0.3) is 0 Å². The van der Waals surface area contributed by atoms with Crippen LogP contribution >= 0.6 is 0 Å². The molecule has 0 amide bonds. The van der Waals surface area contributed by atoms with E-state index in [4.69, 9.17) is 5.11 Å². The van der Waals surface area contributed by atoms with Gasteiger partial charge < -0.3 is 5.11 Å². The third kappa shape index (κ3) is 5.21. The number of carbonyl (C=O) groups is 1. The number of carboxylic acids is 1. The van der Waals surface area contributed by atoms with Crippen LogP contribution < -0.4 is 0 Å². The van der Waals surface area contributed by atoms with Crippen molar-refractivity contribution in [2.24, 2.45) is 0 Å². The van der Waals surface area contributed by atoms with Crippen molar-refractivity contribution in [3.8, 4) is 0 Å². The first kappa shape index (κ1) is 17.7. The van der Waals surface area contributed by atoms with Crippen LogP contribution in [0.1, 0.15) is 44.4 Å². The van der Waals surface area contributed by atoms with E-state index in [2.05, 4.69) is 38.1 Å². The molecule has 0 atom stereocenters. The number of rotatable bonds is 5. The normalized spacial score (nSPS) is 13.8. The molecular weight excluding hydrogens is 272 g/mol. The lowest BCUT2D eigenvalue weighted by atomic mass is 9.95. The number of aryl methyl sites for hydroxylation is 1. The van der Waals surface area contributed by atoms with Crippen molar-refractivity contribution in [3.05, 3.63) is 70.3 Å². The van der Waals surface area contributed by atoms with Gasteiger partial charge in [-0.3, -0.25) is 0 Å². The minimum atomic E-state index is -0.921. The fourth-order valence-corrected chi connectivity index (χ4v) is 2.18. The minimum absolute atomic E-state index is 0.721. The molecule has 22 heavy (non-hydrogen) atoms. The highest BCUT2D eigenvalue weighted by molar-refractivity contribution is 5.81. The molecule has 0 bridgehead atoms. The van der Waals surface area contributed by atoms with Crippen LogP contribution in [-0.2, 0) is 4.79 Å². The molecule has 2 nitrogen and oxygen atoms in total. The number of hydrogen-bond acceptors (Lipinski definition) is 1. The molecule has 116 valence electrons. The highest BCUT2D eigenvalue weighted by atomic mass is 16.4. The van der Waals surface area contributed by atoms with E-state index in [-0.39, 0.29) is 0 Å². The highest BCUT2D eigenvalue weighted by Gasteiger charge is 2.04. The summed E-state index contributed by atoms with van der Waals surface area (Å²) < 4.78 is 0. The SMILES string of the molecule is CC=Cc1ccc(C)c(/C(C)=C(C)\C=C\C(C)=CC(=O)O)c1. The Morgan fingerprint density at radius 1 is 1.14 bits per heavy atom. The predicted molar refractivity (Wildman–Crippen MR) is 94.7 cm³/mol. The average Bonchev–Trinajstić information content (AvgIpc) is 2.45. The number of allylic oxidation sites excluding steroid dienone is 6. The van der Waals surface area contributed by atoms with Crippen LogP contribution in [0.15, 0.2) is 53.6 Å². The van der Waals surface area contributed by atoms with E-state index >= 15 is 0 Å². The summed E-state index contributed by atoms with van der Waals surface area (Å²) in [7, 11) is 0. The van der Waals surface area contributed by atoms with Gasteiger partial charge >= 0.3 is 5.97 Å². The maximum absolute atomic E-state index is 10.6. The van der Waals surface area contributed by atoms with Gasteiger partial charge in [0.15, 0.2) is 0 Å². The Hall–Kier alpha value is -2.35. The van der Waals surface area contributed by atoms with Gasteiger partial charge in [0, 0.05) is 6.08 Å². The smallest absolute Gasteiger partial charge is 0.328 e. The standard InChI is InChI=1S/C20H24O2/c1-6-7-18-11-10-16(4)19(13-18)17(5)15(3)9-8-14(2)12-20(21)22/h6-13H,1-5H3,(H,21,22)/b7-6?,9-8+,14-12?,17-15-. The molecule has 2 heteroatoms. The van der Waals surface area contributed by atoms with Crippen LogP contribution in [0.5, 0.6) is 0 Å². The Bertz CT molecular complexity index is 671. The maximum atomic E-state index is 10.6. The van der Waals surface area contributed by atoms with Crippen LogP contribution in [-0.4, -0.2) is 11.1 Å². The summed E-state index contributed by atoms with van der Waals surface area (Å²) >= 11 is 0. The summed E-state index contributed by atoms with van der Waals surface area (Å²) in [5, 5.41) is 8.73. The molecule has 0 heterocycles. The number of hydrogen-bond donors (Lipinski definition) is 1. The van der Waals surface area contributed by atoms with Crippen LogP contribution in [0.25, 0.3) is 11.6 Å². The Morgan fingerprint density at radius 2 is 1.82 bits per heavy atom. The van der Waals surface area contributed by atoms with Gasteiger partial charge in [-0.1, -0.05) is 36.4 Å². The average molecular weight is 296 g/mol. The summed E-state index contributed by atoms with van der Waals surface area (Å²) in [6.07, 6.45) is 9.11. The number of benzene rings is 1. The molecule has 0 radical (unpaired) electrons. The Balaban J connectivity index is 3.17. The first-order chi connectivity index (χ1) is 10.3. The summed E-state index contributed by atoms with van der Waals surface area (Å²) in [4.78, 5) is 10.6. The second-order valence-electron chi connectivity index (χ2n) is 5.44. The molecule has 0 aromatic heterocycles. The third-order valence-electron chi connectivity index (χ3n) is 3.56. The molecule has 1 aromatic carbocycles. The van der Waals surface area contributed by atoms with Crippen LogP contribution in [0, 0.1) is 6.92 Å². The van der Waals surface area contributed by atoms with E-state index < -0.39 is 5.97 Å². The molecule has 1 rings (SSSR count). The van der Waals surface area contributed by atoms with Crippen molar-refractivity contribution < 1.29 is 9.90 Å². The van der Waals surface area contributed by atoms with Crippen molar-refractivity contribution >= 4 is 17.6 Å². The van der Waals surface area contributed by atoms with Crippen LogP contribution in [0.3, 0.4) is 0 Å². The van der Waals surface area contributed by atoms with E-state index in [0.29, 0.717) is 0 Å². The van der Waals surface area contributed by atoms with E-state index in [1.807, 2.05) is 32.1 Å². The van der Waals surface area contributed by atoms with Gasteiger partial charge in [0.1, 0.15) is 0 Å². The van der Waals surface area contributed by atoms with E-state index in [1.54, 1.807) is 6.92 Å². The lowest BCUT2D eigenvalue weighted by Gasteiger charge is -2.10. The van der Waals surface area contributed by atoms with Gasteiger partial charge in [0.2, 0.25) is 0 Å². The lowest BCUT2D eigenvalue weighted by molar-refractivity contribution is -0.131. The van der Waals surface area contributed by atoms with Crippen molar-refractivity contribution in [1.29, 1.82) is 0 Å². The zero-order valence-corrected chi connectivity index (χ0v) is 14.0. The fraction of sp³-hybridized carbons (Fsp3) is 0.250. The molecule has 0 saturated carbocycles. The van der Waals surface area contributed by atoms with Crippen molar-refractivity contribution in [1.82, 2.24) is 0 Å². The van der Waals surface area contributed by atoms with E-state index in [0.717, 1.165) is 11.1 Å². The van der Waals surface area contributed by atoms with E-state index in [9.17, 15) is 4.79 Å². The highest BCUT2D eigenvalue weighted by Crippen LogP contribution is 2.24. The lowest BCUT2D eigenvalue weighted by Crippen LogP contribution is -1.90. The zero-order valence-electron chi connectivity index (χ0n) is 14.0. The Kier molecular flexibility index (Phi) is 6.58. The predicted octanol–water partition coefficient (Wildman–Crippen LogP) is 5.41. The summed E-state index contributed by atoms with van der Waals surface area (Å²) in [6, 6.07) is 6.42. The first-order valence-corrected chi connectivity index (χ1v) is 7.35. The molecule has 0 fully saturated rings. The Labute approximate surface area is 133 Å². The molecule has 1 N–H and O–H groups in total. The zero-order chi connectivity index (χ0) is 16.7. The first-order valence-electron chi connectivity index (χ1n) is 7.35. The molecule has 0 aliphatic heterocycles. The molecule has 0 aliphatic rings. The molecule has 0 spiro atoms. The fourth-order valence-electron chi connectivity index (χ4n) is 2.18. The molecular formula is C20H24O2. The monoisotopic (exact) mass is 296 g/mol. The second kappa shape index (κ2) is 8.18. The van der Waals surface area contributed by atoms with Gasteiger partial charge in [-0.2, -0.15) is 0 Å². The van der Waals surface area contributed by atoms with Crippen molar-refractivity contribution in [2.45, 2.75) is 34.6 Å². The van der Waals surface area contributed by atoms with Crippen LogP contribution in [0.4, 0.5) is 0 Å². The van der Waals surface area contributed by atoms with Crippen molar-refractivity contribution in [3.63, 3.8) is 0 Å². The molecule has 0 unspecified atom stereocenters. The molecule has 0 saturated heterocycles. The molecule has 1 aromatic rings. The Morgan fingerprint density at radius 3 is 2.41 bits per heavy atom. The topological polar surface area (TPSA) is 37.3 Å². The minimum Gasteiger partial charge on any atom is -0.478 e. The summed E-state index contributed by atoms with van der Waals surface area (Å²) in [6.45, 7) is 10.0. The second-order valence-corrected chi connectivity index (χ2v) is 5.44. The largest absolute Gasteiger partial charge is 0.478 e. The van der Waals surface area contributed by atoms with Gasteiger partial charge in [-0.05, 0) is 74.1 Å². The molecule has 0 aliphatic carbocycles. The van der Waals surface area contributed by atoms with E-state index in [1.165, 1.54) is 28.3 Å². The van der Waals surface area contributed by atoms with Crippen LogP contribution in [0.2, 0.25) is 0 Å². The van der Waals surface area contributed by atoms with Gasteiger partial charge in [0.05, 0.1) is 0 Å². The maximum Gasteiger partial charge on any atom is 0.328 e. The third-order valence-corrected chi connectivity index (χ3v) is 3.56. The van der Waals surface area contributed by atoms with Gasteiger partial charge in [-0.15, -0.1) is 0 Å². The summed E-state index contributed by atoms with van der Waals surface area (Å²) in [5.74, 6) is -0.921. The number of aliphatic carboxylic acids is 1.